The molecule has 0 spiro atoms. The van der Waals surface area contributed by atoms with Crippen LogP contribution in [0.4, 0.5) is 20.6 Å². The maximum atomic E-state index is 14.8. The second kappa shape index (κ2) is 8.96. The first-order valence-corrected chi connectivity index (χ1v) is 9.88. The zero-order chi connectivity index (χ0) is 21.0. The molecule has 8 nitrogen and oxygen atoms in total. The standard InChI is InChI=1S/C20H28FN3O5/c1-3-28-13-20(27)6-8-23(9-7-20)18-5-4-15(10-17(18)21)24-12-16(29-19(24)26)11-22-14(2)25/h4-5,10,16,27H,3,6-9,11-13H2,1-2H3,(H,22,25). The van der Waals surface area contributed by atoms with Crippen molar-refractivity contribution in [2.75, 3.05) is 49.2 Å². The number of amides is 2. The summed E-state index contributed by atoms with van der Waals surface area (Å²) in [4.78, 5) is 26.4. The summed E-state index contributed by atoms with van der Waals surface area (Å²) in [6.45, 7) is 5.61. The molecule has 2 aliphatic rings. The summed E-state index contributed by atoms with van der Waals surface area (Å²) in [6, 6.07) is 4.64. The summed E-state index contributed by atoms with van der Waals surface area (Å²) in [5, 5.41) is 13.1. The van der Waals surface area contributed by atoms with E-state index in [0.717, 1.165) is 0 Å². The number of ether oxygens (including phenoxy) is 2. The van der Waals surface area contributed by atoms with Crippen molar-refractivity contribution < 1.29 is 28.6 Å². The molecule has 2 amide bonds. The van der Waals surface area contributed by atoms with Crippen molar-refractivity contribution in [3.63, 3.8) is 0 Å². The SMILES string of the molecule is CCOCC1(O)CCN(c2ccc(N3CC(CNC(C)=O)OC3=O)cc2F)CC1. The molecule has 2 saturated heterocycles. The Hall–Kier alpha value is -2.39. The lowest BCUT2D eigenvalue weighted by Crippen LogP contribution is -2.47. The van der Waals surface area contributed by atoms with Gasteiger partial charge in [-0.05, 0) is 38.0 Å². The van der Waals surface area contributed by atoms with Crippen LogP contribution in [-0.4, -0.2) is 68.2 Å². The van der Waals surface area contributed by atoms with E-state index in [1.54, 1.807) is 12.1 Å². The van der Waals surface area contributed by atoms with Crippen LogP contribution in [0.5, 0.6) is 0 Å². The number of nitrogens with one attached hydrogen (secondary N) is 1. The van der Waals surface area contributed by atoms with Gasteiger partial charge < -0.3 is 24.8 Å². The van der Waals surface area contributed by atoms with Crippen molar-refractivity contribution in [2.24, 2.45) is 0 Å². The minimum Gasteiger partial charge on any atom is -0.442 e. The number of piperidine rings is 1. The van der Waals surface area contributed by atoms with E-state index in [1.165, 1.54) is 17.9 Å². The highest BCUT2D eigenvalue weighted by Gasteiger charge is 2.35. The maximum Gasteiger partial charge on any atom is 0.414 e. The van der Waals surface area contributed by atoms with E-state index in [9.17, 15) is 19.1 Å². The lowest BCUT2D eigenvalue weighted by Gasteiger charge is -2.39. The van der Waals surface area contributed by atoms with E-state index in [1.807, 2.05) is 11.8 Å². The maximum absolute atomic E-state index is 14.8. The van der Waals surface area contributed by atoms with Crippen molar-refractivity contribution in [1.29, 1.82) is 0 Å². The molecular weight excluding hydrogens is 381 g/mol. The third-order valence-electron chi connectivity index (χ3n) is 5.31. The Morgan fingerprint density at radius 3 is 2.76 bits per heavy atom. The van der Waals surface area contributed by atoms with E-state index in [4.69, 9.17) is 9.47 Å². The van der Waals surface area contributed by atoms with Gasteiger partial charge >= 0.3 is 6.09 Å². The number of carbonyl (C=O) groups is 2. The number of benzene rings is 1. The number of aliphatic hydroxyl groups is 1. The van der Waals surface area contributed by atoms with Crippen LogP contribution in [0, 0.1) is 5.82 Å². The summed E-state index contributed by atoms with van der Waals surface area (Å²) < 4.78 is 25.4. The van der Waals surface area contributed by atoms with E-state index >= 15 is 0 Å². The zero-order valence-electron chi connectivity index (χ0n) is 16.8. The highest BCUT2D eigenvalue weighted by atomic mass is 19.1. The fourth-order valence-corrected chi connectivity index (χ4v) is 3.62. The van der Waals surface area contributed by atoms with Gasteiger partial charge in [-0.25, -0.2) is 9.18 Å². The fraction of sp³-hybridized carbons (Fsp3) is 0.600. The van der Waals surface area contributed by atoms with Crippen molar-refractivity contribution in [3.8, 4) is 0 Å². The Morgan fingerprint density at radius 2 is 2.14 bits per heavy atom. The first-order valence-electron chi connectivity index (χ1n) is 9.88. The zero-order valence-corrected chi connectivity index (χ0v) is 16.8. The second-order valence-electron chi connectivity index (χ2n) is 7.54. The van der Waals surface area contributed by atoms with Crippen molar-refractivity contribution in [3.05, 3.63) is 24.0 Å². The Kier molecular flexibility index (Phi) is 6.59. The Balaban J connectivity index is 1.62. The van der Waals surface area contributed by atoms with E-state index in [0.29, 0.717) is 43.9 Å². The largest absolute Gasteiger partial charge is 0.442 e. The Bertz CT molecular complexity index is 752. The average Bonchev–Trinajstić information content (AvgIpc) is 3.06. The van der Waals surface area contributed by atoms with Gasteiger partial charge in [-0.3, -0.25) is 9.69 Å². The molecule has 9 heteroatoms. The molecule has 2 heterocycles. The predicted octanol–water partition coefficient (Wildman–Crippen LogP) is 1.65. The number of rotatable bonds is 7. The molecule has 3 rings (SSSR count). The molecule has 0 bridgehead atoms. The number of carbonyl (C=O) groups excluding carboxylic acids is 2. The van der Waals surface area contributed by atoms with Gasteiger partial charge in [0.25, 0.3) is 0 Å². The second-order valence-corrected chi connectivity index (χ2v) is 7.54. The van der Waals surface area contributed by atoms with Gasteiger partial charge in [-0.15, -0.1) is 0 Å². The molecule has 0 aromatic heterocycles. The number of cyclic esters (lactones) is 1. The van der Waals surface area contributed by atoms with Crippen LogP contribution in [0.2, 0.25) is 0 Å². The fourth-order valence-electron chi connectivity index (χ4n) is 3.62. The molecule has 0 aliphatic carbocycles. The Morgan fingerprint density at radius 1 is 1.41 bits per heavy atom. The predicted molar refractivity (Wildman–Crippen MR) is 106 cm³/mol. The number of nitrogens with zero attached hydrogens (tertiary/aromatic N) is 2. The number of anilines is 2. The molecule has 1 atom stereocenters. The monoisotopic (exact) mass is 409 g/mol. The van der Waals surface area contributed by atoms with Gasteiger partial charge in [0.15, 0.2) is 0 Å². The van der Waals surface area contributed by atoms with E-state index in [-0.39, 0.29) is 25.6 Å². The summed E-state index contributed by atoms with van der Waals surface area (Å²) in [6.07, 6.45) is -0.0414. The highest BCUT2D eigenvalue weighted by molar-refractivity contribution is 5.90. The average molecular weight is 409 g/mol. The van der Waals surface area contributed by atoms with Crippen LogP contribution in [0.1, 0.15) is 26.7 Å². The smallest absolute Gasteiger partial charge is 0.414 e. The topological polar surface area (TPSA) is 91.3 Å². The van der Waals surface area contributed by atoms with Gasteiger partial charge in [-0.2, -0.15) is 0 Å². The number of hydrogen-bond acceptors (Lipinski definition) is 6. The van der Waals surface area contributed by atoms with Crippen molar-refractivity contribution in [2.45, 2.75) is 38.4 Å². The summed E-state index contributed by atoms with van der Waals surface area (Å²) >= 11 is 0. The van der Waals surface area contributed by atoms with Gasteiger partial charge in [0.1, 0.15) is 11.9 Å². The van der Waals surface area contributed by atoms with Crippen molar-refractivity contribution >= 4 is 23.4 Å². The quantitative estimate of drug-likeness (QED) is 0.712. The summed E-state index contributed by atoms with van der Waals surface area (Å²) in [5.74, 6) is -0.638. The van der Waals surface area contributed by atoms with Gasteiger partial charge in [0.05, 0.1) is 36.7 Å². The Labute approximate surface area is 169 Å². The van der Waals surface area contributed by atoms with E-state index in [2.05, 4.69) is 5.32 Å². The molecular formula is C20H28FN3O5. The lowest BCUT2D eigenvalue weighted by atomic mass is 9.92. The van der Waals surface area contributed by atoms with Gasteiger partial charge in [-0.1, -0.05) is 0 Å². The molecule has 0 saturated carbocycles. The van der Waals surface area contributed by atoms with E-state index < -0.39 is 23.6 Å². The molecule has 2 aliphatic heterocycles. The third-order valence-corrected chi connectivity index (χ3v) is 5.31. The minimum atomic E-state index is -0.870. The molecule has 160 valence electrons. The third kappa shape index (κ3) is 5.16. The number of halogens is 1. The summed E-state index contributed by atoms with van der Waals surface area (Å²) in [7, 11) is 0. The van der Waals surface area contributed by atoms with Crippen LogP contribution >= 0.6 is 0 Å². The number of hydrogen-bond donors (Lipinski definition) is 2. The highest BCUT2D eigenvalue weighted by Crippen LogP contribution is 2.31. The normalized spacial score (nSPS) is 21.2. The molecule has 29 heavy (non-hydrogen) atoms. The molecule has 1 aromatic rings. The van der Waals surface area contributed by atoms with Gasteiger partial charge in [0.2, 0.25) is 5.91 Å². The first-order chi connectivity index (χ1) is 13.8. The first kappa shape index (κ1) is 21.3. The van der Waals surface area contributed by atoms with Crippen molar-refractivity contribution in [1.82, 2.24) is 5.32 Å². The van der Waals surface area contributed by atoms with Crippen LogP contribution in [-0.2, 0) is 14.3 Å². The molecule has 2 N–H and O–H groups in total. The minimum absolute atomic E-state index is 0.204. The molecule has 0 radical (unpaired) electrons. The lowest BCUT2D eigenvalue weighted by molar-refractivity contribution is -0.119. The van der Waals surface area contributed by atoms with Gasteiger partial charge in [0, 0.05) is 26.6 Å². The van der Waals surface area contributed by atoms with Crippen LogP contribution in [0.3, 0.4) is 0 Å². The summed E-state index contributed by atoms with van der Waals surface area (Å²) in [5.41, 5.74) is -0.0217. The molecule has 1 unspecified atom stereocenters. The van der Waals surface area contributed by atoms with Crippen LogP contribution in [0.25, 0.3) is 0 Å². The van der Waals surface area contributed by atoms with Crippen LogP contribution < -0.4 is 15.1 Å². The molecule has 2 fully saturated rings. The van der Waals surface area contributed by atoms with Crippen LogP contribution in [0.15, 0.2) is 18.2 Å². The molecule has 1 aromatic carbocycles.